The Bertz CT molecular complexity index is 224. The van der Waals surface area contributed by atoms with Crippen molar-refractivity contribution in [2.24, 2.45) is 17.8 Å². The van der Waals surface area contributed by atoms with Crippen molar-refractivity contribution in [1.29, 1.82) is 0 Å². The Morgan fingerprint density at radius 3 is 2.50 bits per heavy atom. The molecular formula is C15H26O. The Kier molecular flexibility index (Phi) is 5.79. The summed E-state index contributed by atoms with van der Waals surface area (Å²) in [6, 6.07) is 0. The number of ketones is 1. The predicted octanol–water partition coefficient (Wildman–Crippen LogP) is 4.37. The summed E-state index contributed by atoms with van der Waals surface area (Å²) in [5, 5.41) is 0. The minimum atomic E-state index is 0.253. The average Bonchev–Trinajstić information content (AvgIpc) is 2.68. The van der Waals surface area contributed by atoms with Gasteiger partial charge in [-0.15, -0.1) is 6.58 Å². The second-order valence-electron chi connectivity index (χ2n) is 5.67. The molecule has 0 amide bonds. The number of carbonyl (C=O) groups excluding carboxylic acids is 1. The van der Waals surface area contributed by atoms with E-state index in [1.807, 2.05) is 6.08 Å². The van der Waals surface area contributed by atoms with Gasteiger partial charge >= 0.3 is 0 Å². The van der Waals surface area contributed by atoms with E-state index in [1.165, 1.54) is 25.7 Å². The summed E-state index contributed by atoms with van der Waals surface area (Å²) < 4.78 is 0. The van der Waals surface area contributed by atoms with Crippen molar-refractivity contribution >= 4 is 5.78 Å². The van der Waals surface area contributed by atoms with Crippen LogP contribution >= 0.6 is 0 Å². The van der Waals surface area contributed by atoms with E-state index in [2.05, 4.69) is 20.4 Å². The Labute approximate surface area is 100 Å². The average molecular weight is 222 g/mol. The van der Waals surface area contributed by atoms with E-state index in [9.17, 15) is 4.79 Å². The van der Waals surface area contributed by atoms with Gasteiger partial charge in [0.15, 0.2) is 0 Å². The van der Waals surface area contributed by atoms with Crippen LogP contribution in [0.5, 0.6) is 0 Å². The van der Waals surface area contributed by atoms with Crippen LogP contribution in [0.15, 0.2) is 12.7 Å². The Hall–Kier alpha value is -0.590. The van der Waals surface area contributed by atoms with Crippen LogP contribution in [-0.2, 0) is 4.79 Å². The molecule has 1 saturated carbocycles. The first-order valence-corrected chi connectivity index (χ1v) is 6.77. The topological polar surface area (TPSA) is 17.1 Å². The smallest absolute Gasteiger partial charge is 0.136 e. The highest BCUT2D eigenvalue weighted by molar-refractivity contribution is 5.81. The number of Topliss-reactive ketones (excluding diaryl/α,β-unsaturated/α-hetero) is 1. The molecule has 1 rings (SSSR count). The molecule has 0 heterocycles. The number of carbonyl (C=O) groups is 1. The van der Waals surface area contributed by atoms with E-state index in [0.717, 1.165) is 25.2 Å². The molecule has 1 heteroatoms. The lowest BCUT2D eigenvalue weighted by Gasteiger charge is -2.19. The van der Waals surface area contributed by atoms with Gasteiger partial charge in [0.2, 0.25) is 0 Å². The van der Waals surface area contributed by atoms with Crippen molar-refractivity contribution in [3.63, 3.8) is 0 Å². The second-order valence-corrected chi connectivity index (χ2v) is 5.67. The first kappa shape index (κ1) is 13.5. The third-order valence-electron chi connectivity index (χ3n) is 3.61. The maximum atomic E-state index is 12.1. The minimum absolute atomic E-state index is 0.253. The molecule has 0 aromatic heterocycles. The van der Waals surface area contributed by atoms with Gasteiger partial charge in [-0.05, 0) is 24.7 Å². The molecular weight excluding hydrogens is 196 g/mol. The first-order chi connectivity index (χ1) is 7.63. The number of allylic oxidation sites excluding steroid dienone is 1. The van der Waals surface area contributed by atoms with E-state index in [0.29, 0.717) is 11.7 Å². The molecule has 1 fully saturated rings. The standard InChI is InChI=1S/C15H26O/c1-4-7-14(15(16)10-12(2)3)11-13-8-5-6-9-13/h4,12-14H,1,5-11H2,2-3H3. The fraction of sp³-hybridized carbons (Fsp3) is 0.800. The quantitative estimate of drug-likeness (QED) is 0.584. The molecule has 0 saturated heterocycles. The van der Waals surface area contributed by atoms with Crippen LogP contribution in [0.1, 0.15) is 58.8 Å². The molecule has 0 aromatic rings. The summed E-state index contributed by atoms with van der Waals surface area (Å²) in [5.41, 5.74) is 0. The van der Waals surface area contributed by atoms with Crippen molar-refractivity contribution in [3.05, 3.63) is 12.7 Å². The van der Waals surface area contributed by atoms with Crippen molar-refractivity contribution in [3.8, 4) is 0 Å². The lowest BCUT2D eigenvalue weighted by atomic mass is 9.85. The summed E-state index contributed by atoms with van der Waals surface area (Å²) >= 11 is 0. The third kappa shape index (κ3) is 4.51. The number of rotatable bonds is 7. The van der Waals surface area contributed by atoms with Crippen LogP contribution in [0.3, 0.4) is 0 Å². The van der Waals surface area contributed by atoms with Gasteiger partial charge in [0, 0.05) is 12.3 Å². The molecule has 0 aliphatic heterocycles. The van der Waals surface area contributed by atoms with E-state index >= 15 is 0 Å². The fourth-order valence-electron chi connectivity index (χ4n) is 2.78. The Morgan fingerprint density at radius 1 is 1.38 bits per heavy atom. The van der Waals surface area contributed by atoms with Crippen LogP contribution in [0.2, 0.25) is 0 Å². The molecule has 92 valence electrons. The maximum Gasteiger partial charge on any atom is 0.136 e. The predicted molar refractivity (Wildman–Crippen MR) is 69.3 cm³/mol. The lowest BCUT2D eigenvalue weighted by molar-refractivity contribution is -0.124. The van der Waals surface area contributed by atoms with Crippen LogP contribution in [-0.4, -0.2) is 5.78 Å². The SMILES string of the molecule is C=CCC(CC1CCCC1)C(=O)CC(C)C. The monoisotopic (exact) mass is 222 g/mol. The largest absolute Gasteiger partial charge is 0.299 e. The van der Waals surface area contributed by atoms with Crippen molar-refractivity contribution in [2.45, 2.75) is 58.8 Å². The van der Waals surface area contributed by atoms with Crippen LogP contribution in [0.4, 0.5) is 0 Å². The summed E-state index contributed by atoms with van der Waals surface area (Å²) in [6.07, 6.45) is 10.0. The van der Waals surface area contributed by atoms with Crippen molar-refractivity contribution in [1.82, 2.24) is 0 Å². The molecule has 0 bridgehead atoms. The minimum Gasteiger partial charge on any atom is -0.299 e. The van der Waals surface area contributed by atoms with Gasteiger partial charge in [0.05, 0.1) is 0 Å². The van der Waals surface area contributed by atoms with Crippen LogP contribution in [0.25, 0.3) is 0 Å². The summed E-state index contributed by atoms with van der Waals surface area (Å²) in [7, 11) is 0. The molecule has 16 heavy (non-hydrogen) atoms. The molecule has 0 N–H and O–H groups in total. The molecule has 0 spiro atoms. The summed E-state index contributed by atoms with van der Waals surface area (Å²) in [5.74, 6) is 2.01. The van der Waals surface area contributed by atoms with E-state index in [-0.39, 0.29) is 5.92 Å². The summed E-state index contributed by atoms with van der Waals surface area (Å²) in [4.78, 5) is 12.1. The molecule has 1 atom stereocenters. The zero-order valence-electron chi connectivity index (χ0n) is 10.9. The van der Waals surface area contributed by atoms with Gasteiger partial charge in [-0.25, -0.2) is 0 Å². The third-order valence-corrected chi connectivity index (χ3v) is 3.61. The van der Waals surface area contributed by atoms with Gasteiger partial charge in [-0.2, -0.15) is 0 Å². The zero-order chi connectivity index (χ0) is 12.0. The van der Waals surface area contributed by atoms with Gasteiger partial charge in [-0.1, -0.05) is 45.6 Å². The highest BCUT2D eigenvalue weighted by atomic mass is 16.1. The van der Waals surface area contributed by atoms with E-state index in [1.54, 1.807) is 0 Å². The molecule has 1 aliphatic rings. The van der Waals surface area contributed by atoms with Gasteiger partial charge in [0.25, 0.3) is 0 Å². The zero-order valence-corrected chi connectivity index (χ0v) is 10.9. The highest BCUT2D eigenvalue weighted by Crippen LogP contribution is 2.32. The lowest BCUT2D eigenvalue weighted by Crippen LogP contribution is -2.18. The molecule has 1 aliphatic carbocycles. The Morgan fingerprint density at radius 2 is 2.00 bits per heavy atom. The number of hydrogen-bond acceptors (Lipinski definition) is 1. The van der Waals surface area contributed by atoms with Crippen LogP contribution < -0.4 is 0 Å². The fourth-order valence-corrected chi connectivity index (χ4v) is 2.78. The molecule has 0 radical (unpaired) electrons. The molecule has 1 unspecified atom stereocenters. The molecule has 0 aromatic carbocycles. The normalized spacial score (nSPS) is 18.9. The Balaban J connectivity index is 2.44. The summed E-state index contributed by atoms with van der Waals surface area (Å²) in [6.45, 7) is 8.03. The first-order valence-electron chi connectivity index (χ1n) is 6.77. The van der Waals surface area contributed by atoms with Gasteiger partial charge in [0.1, 0.15) is 5.78 Å². The van der Waals surface area contributed by atoms with E-state index < -0.39 is 0 Å². The second kappa shape index (κ2) is 6.88. The van der Waals surface area contributed by atoms with E-state index in [4.69, 9.17) is 0 Å². The highest BCUT2D eigenvalue weighted by Gasteiger charge is 2.24. The van der Waals surface area contributed by atoms with Crippen molar-refractivity contribution in [2.75, 3.05) is 0 Å². The van der Waals surface area contributed by atoms with Gasteiger partial charge in [-0.3, -0.25) is 4.79 Å². The number of hydrogen-bond donors (Lipinski definition) is 0. The van der Waals surface area contributed by atoms with Gasteiger partial charge < -0.3 is 0 Å². The van der Waals surface area contributed by atoms with Crippen molar-refractivity contribution < 1.29 is 4.79 Å². The van der Waals surface area contributed by atoms with Crippen LogP contribution in [0, 0.1) is 17.8 Å². The maximum absolute atomic E-state index is 12.1. The molecule has 1 nitrogen and oxygen atoms in total.